The van der Waals surface area contributed by atoms with Gasteiger partial charge >= 0.3 is 6.09 Å². The lowest BCUT2D eigenvalue weighted by atomic mass is 10.3. The number of carbonyl (C=O) groups excluding carboxylic acids is 2. The van der Waals surface area contributed by atoms with E-state index in [4.69, 9.17) is 21.1 Å². The van der Waals surface area contributed by atoms with Crippen molar-refractivity contribution in [2.75, 3.05) is 53.5 Å². The number of likely N-dealkylation sites (N-methyl/N-ethyl adjacent to an activating group) is 1. The minimum Gasteiger partial charge on any atom is -0.495 e. The van der Waals surface area contributed by atoms with Gasteiger partial charge in [0.05, 0.1) is 30.2 Å². The minimum atomic E-state index is -3.89. The number of ether oxygens (including phenoxy) is 2. The Balaban J connectivity index is 1.98. The lowest BCUT2D eigenvalue weighted by Gasteiger charge is -2.34. The second kappa shape index (κ2) is 9.44. The molecule has 1 fully saturated rings. The fourth-order valence-corrected chi connectivity index (χ4v) is 4.19. The van der Waals surface area contributed by atoms with E-state index >= 15 is 0 Å². The SMILES string of the molecule is CCOC(=O)N1CCN(C(=O)CN(C)S(=O)(=O)c2ccc(OC)c(Cl)c2)CC1. The molecule has 0 unspecified atom stereocenters. The topological polar surface area (TPSA) is 96.5 Å². The van der Waals surface area contributed by atoms with Crippen molar-refractivity contribution in [2.45, 2.75) is 11.8 Å². The van der Waals surface area contributed by atoms with E-state index in [1.54, 1.807) is 6.92 Å². The number of amides is 2. The van der Waals surface area contributed by atoms with Crippen LogP contribution >= 0.6 is 11.6 Å². The first-order valence-corrected chi connectivity index (χ1v) is 10.5. The second-order valence-electron chi connectivity index (χ2n) is 6.12. The third-order valence-electron chi connectivity index (χ3n) is 4.35. The predicted molar refractivity (Wildman–Crippen MR) is 103 cm³/mol. The van der Waals surface area contributed by atoms with Gasteiger partial charge in [0.1, 0.15) is 5.75 Å². The van der Waals surface area contributed by atoms with E-state index in [1.807, 2.05) is 0 Å². The zero-order valence-corrected chi connectivity index (χ0v) is 17.6. The number of hydrogen-bond acceptors (Lipinski definition) is 6. The highest BCUT2D eigenvalue weighted by Gasteiger charge is 2.29. The summed E-state index contributed by atoms with van der Waals surface area (Å²) in [5.74, 6) is 0.0213. The molecule has 1 aliphatic rings. The standard InChI is InChI=1S/C17H24ClN3O6S/c1-4-27-17(23)21-9-7-20(8-10-21)16(22)12-19(2)28(24,25)13-5-6-15(26-3)14(18)11-13/h5-6,11H,4,7-10,12H2,1-3H3. The number of halogens is 1. The number of piperazine rings is 1. The van der Waals surface area contributed by atoms with Gasteiger partial charge in [0, 0.05) is 33.2 Å². The molecule has 2 rings (SSSR count). The number of hydrogen-bond donors (Lipinski definition) is 0. The predicted octanol–water partition coefficient (Wildman–Crippen LogP) is 1.27. The van der Waals surface area contributed by atoms with Crippen molar-refractivity contribution in [3.05, 3.63) is 23.2 Å². The summed E-state index contributed by atoms with van der Waals surface area (Å²) in [6, 6.07) is 4.12. The lowest BCUT2D eigenvalue weighted by molar-refractivity contribution is -0.132. The van der Waals surface area contributed by atoms with Crippen molar-refractivity contribution in [2.24, 2.45) is 0 Å². The molecule has 1 heterocycles. The minimum absolute atomic E-state index is 0.0271. The molecule has 9 nitrogen and oxygen atoms in total. The van der Waals surface area contributed by atoms with Crippen molar-refractivity contribution in [1.29, 1.82) is 0 Å². The van der Waals surface area contributed by atoms with Crippen molar-refractivity contribution in [1.82, 2.24) is 14.1 Å². The van der Waals surface area contributed by atoms with Crippen molar-refractivity contribution in [3.8, 4) is 5.75 Å². The summed E-state index contributed by atoms with van der Waals surface area (Å²) in [7, 11) is -1.12. The summed E-state index contributed by atoms with van der Waals surface area (Å²) >= 11 is 6.00. The Morgan fingerprint density at radius 1 is 1.18 bits per heavy atom. The number of carbonyl (C=O) groups is 2. The fourth-order valence-electron chi connectivity index (χ4n) is 2.72. The zero-order chi connectivity index (χ0) is 20.9. The lowest BCUT2D eigenvalue weighted by Crippen LogP contribution is -2.52. The number of benzene rings is 1. The van der Waals surface area contributed by atoms with Gasteiger partial charge in [-0.05, 0) is 25.1 Å². The summed E-state index contributed by atoms with van der Waals surface area (Å²) in [6.45, 7) is 3.02. The average molecular weight is 434 g/mol. The Labute approximate surface area is 169 Å². The van der Waals surface area contributed by atoms with Crippen LogP contribution in [0.4, 0.5) is 4.79 Å². The monoisotopic (exact) mass is 433 g/mol. The molecular formula is C17H24ClN3O6S. The highest BCUT2D eigenvalue weighted by atomic mass is 35.5. The maximum atomic E-state index is 12.7. The Kier molecular flexibility index (Phi) is 7.50. The highest BCUT2D eigenvalue weighted by molar-refractivity contribution is 7.89. The number of sulfonamides is 1. The third kappa shape index (κ3) is 5.06. The van der Waals surface area contributed by atoms with Gasteiger partial charge in [-0.1, -0.05) is 11.6 Å². The smallest absolute Gasteiger partial charge is 0.409 e. The van der Waals surface area contributed by atoms with Gasteiger partial charge < -0.3 is 19.3 Å². The molecule has 0 bridgehead atoms. The molecule has 0 N–H and O–H groups in total. The van der Waals surface area contributed by atoms with Crippen LogP contribution in [0.5, 0.6) is 5.75 Å². The largest absolute Gasteiger partial charge is 0.495 e. The van der Waals surface area contributed by atoms with Crippen LogP contribution in [0.15, 0.2) is 23.1 Å². The first kappa shape index (κ1) is 22.3. The Morgan fingerprint density at radius 2 is 1.79 bits per heavy atom. The van der Waals surface area contributed by atoms with E-state index in [0.29, 0.717) is 31.9 Å². The number of nitrogens with zero attached hydrogens (tertiary/aromatic N) is 3. The Morgan fingerprint density at radius 3 is 2.32 bits per heavy atom. The van der Waals surface area contributed by atoms with Gasteiger partial charge in [0.15, 0.2) is 0 Å². The summed E-state index contributed by atoms with van der Waals surface area (Å²) in [5, 5.41) is 0.165. The zero-order valence-electron chi connectivity index (χ0n) is 16.1. The molecular weight excluding hydrogens is 410 g/mol. The van der Waals surface area contributed by atoms with Crippen LogP contribution in [0, 0.1) is 0 Å². The van der Waals surface area contributed by atoms with E-state index in [9.17, 15) is 18.0 Å². The van der Waals surface area contributed by atoms with Gasteiger partial charge in [-0.2, -0.15) is 4.31 Å². The van der Waals surface area contributed by atoms with Gasteiger partial charge in [-0.25, -0.2) is 13.2 Å². The van der Waals surface area contributed by atoms with Crippen LogP contribution in [0.2, 0.25) is 5.02 Å². The molecule has 0 atom stereocenters. The van der Waals surface area contributed by atoms with Crippen LogP contribution in [0.3, 0.4) is 0 Å². The van der Waals surface area contributed by atoms with E-state index in [1.165, 1.54) is 42.2 Å². The third-order valence-corrected chi connectivity index (χ3v) is 6.44. The molecule has 0 saturated carbocycles. The molecule has 1 aromatic rings. The molecule has 0 spiro atoms. The van der Waals surface area contributed by atoms with E-state index < -0.39 is 16.1 Å². The molecule has 156 valence electrons. The highest BCUT2D eigenvalue weighted by Crippen LogP contribution is 2.28. The first-order chi connectivity index (χ1) is 13.2. The van der Waals surface area contributed by atoms with Crippen LogP contribution in [0.1, 0.15) is 6.92 Å². The Bertz CT molecular complexity index is 824. The number of methoxy groups -OCH3 is 1. The molecule has 11 heteroatoms. The maximum Gasteiger partial charge on any atom is 0.409 e. The maximum absolute atomic E-state index is 12.7. The van der Waals surface area contributed by atoms with Crippen LogP contribution in [-0.2, 0) is 19.6 Å². The number of rotatable bonds is 6. The summed E-state index contributed by atoms with van der Waals surface area (Å²) in [4.78, 5) is 27.2. The molecule has 1 aromatic carbocycles. The molecule has 0 aromatic heterocycles. The molecule has 1 aliphatic heterocycles. The summed E-state index contributed by atoms with van der Waals surface area (Å²) in [5.41, 5.74) is 0. The second-order valence-corrected chi connectivity index (χ2v) is 8.58. The van der Waals surface area contributed by atoms with Crippen molar-refractivity contribution >= 4 is 33.6 Å². The molecule has 28 heavy (non-hydrogen) atoms. The van der Waals surface area contributed by atoms with Crippen molar-refractivity contribution in [3.63, 3.8) is 0 Å². The fraction of sp³-hybridized carbons (Fsp3) is 0.529. The van der Waals surface area contributed by atoms with Crippen LogP contribution in [-0.4, -0.2) is 88.0 Å². The van der Waals surface area contributed by atoms with Crippen LogP contribution < -0.4 is 4.74 Å². The normalized spacial score (nSPS) is 14.9. The molecule has 1 saturated heterocycles. The van der Waals surface area contributed by atoms with Gasteiger partial charge in [-0.3, -0.25) is 4.79 Å². The first-order valence-electron chi connectivity index (χ1n) is 8.70. The molecule has 0 radical (unpaired) electrons. The molecule has 2 amide bonds. The average Bonchev–Trinajstić information content (AvgIpc) is 2.68. The Hall–Kier alpha value is -2.04. The quantitative estimate of drug-likeness (QED) is 0.670. The summed E-state index contributed by atoms with van der Waals surface area (Å²) < 4.78 is 36.3. The van der Waals surface area contributed by atoms with E-state index in [-0.39, 0.29) is 29.0 Å². The van der Waals surface area contributed by atoms with Gasteiger partial charge in [0.25, 0.3) is 0 Å². The summed E-state index contributed by atoms with van der Waals surface area (Å²) in [6.07, 6.45) is -0.411. The van der Waals surface area contributed by atoms with Gasteiger partial charge in [-0.15, -0.1) is 0 Å². The van der Waals surface area contributed by atoms with Gasteiger partial charge in [0.2, 0.25) is 15.9 Å². The van der Waals surface area contributed by atoms with E-state index in [2.05, 4.69) is 0 Å². The van der Waals surface area contributed by atoms with Crippen molar-refractivity contribution < 1.29 is 27.5 Å². The van der Waals surface area contributed by atoms with E-state index in [0.717, 1.165) is 4.31 Å². The molecule has 0 aliphatic carbocycles. The van der Waals surface area contributed by atoms with Crippen LogP contribution in [0.25, 0.3) is 0 Å².